The van der Waals surface area contributed by atoms with Crippen molar-refractivity contribution in [2.45, 2.75) is 19.6 Å². The van der Waals surface area contributed by atoms with Crippen LogP contribution in [0.15, 0.2) is 12.2 Å². The average molecular weight is 207 g/mol. The van der Waals surface area contributed by atoms with Crippen LogP contribution in [0.25, 0.3) is 0 Å². The van der Waals surface area contributed by atoms with E-state index < -0.39 is 19.5 Å². The van der Waals surface area contributed by atoms with Gasteiger partial charge in [-0.05, 0) is 31.2 Å². The topological polar surface area (TPSA) is 43.4 Å². The van der Waals surface area contributed by atoms with Crippen LogP contribution in [0, 0.1) is 0 Å². The lowest BCUT2D eigenvalue weighted by molar-refractivity contribution is -0.129. The molecule has 68 valence electrons. The van der Waals surface area contributed by atoms with Gasteiger partial charge in [0.05, 0.1) is 0 Å². The molecule has 0 N–H and O–H groups in total. The van der Waals surface area contributed by atoms with Crippen LogP contribution in [0.2, 0.25) is 19.6 Å². The molecular weight excluding hydrogens is 196 g/mol. The van der Waals surface area contributed by atoms with Crippen molar-refractivity contribution in [1.29, 1.82) is 0 Å². The van der Waals surface area contributed by atoms with E-state index in [0.717, 1.165) is 12.2 Å². The van der Waals surface area contributed by atoms with Gasteiger partial charge in [-0.25, -0.2) is 4.79 Å². The molecule has 0 saturated heterocycles. The molecule has 0 amide bonds. The monoisotopic (exact) mass is 206 g/mol. The van der Waals surface area contributed by atoms with Crippen LogP contribution >= 0.6 is 11.6 Å². The molecule has 0 atom stereocenters. The molecule has 0 rings (SSSR count). The summed E-state index contributed by atoms with van der Waals surface area (Å²) in [6, 6.07) is 0. The van der Waals surface area contributed by atoms with E-state index in [1.807, 2.05) is 19.6 Å². The maximum Gasteiger partial charge on any atom is 0.317 e. The van der Waals surface area contributed by atoms with Gasteiger partial charge in [0.1, 0.15) is 0 Å². The molecule has 0 spiro atoms. The van der Waals surface area contributed by atoms with Crippen molar-refractivity contribution in [3.8, 4) is 0 Å². The van der Waals surface area contributed by atoms with Gasteiger partial charge in [-0.15, -0.1) is 0 Å². The van der Waals surface area contributed by atoms with Crippen molar-refractivity contribution in [3.05, 3.63) is 12.2 Å². The Morgan fingerprint density at radius 3 is 2.08 bits per heavy atom. The number of carbonyl (C=O) groups is 2. The Labute approximate surface area is 77.5 Å². The molecule has 0 unspecified atom stereocenters. The number of halogens is 1. The average Bonchev–Trinajstić information content (AvgIpc) is 1.79. The van der Waals surface area contributed by atoms with E-state index in [2.05, 4.69) is 0 Å². The van der Waals surface area contributed by atoms with Gasteiger partial charge in [-0.2, -0.15) is 0 Å². The molecule has 0 aliphatic rings. The van der Waals surface area contributed by atoms with Gasteiger partial charge in [0.25, 0.3) is 0 Å². The standard InChI is InChI=1S/C7H11ClO3Si/c1-12(2,3)11-7(10)5-4-6(8)9/h4-5H,1-3H3/b5-4+. The molecule has 5 heteroatoms. The Bertz CT molecular complexity index is 217. The van der Waals surface area contributed by atoms with Gasteiger partial charge in [0.2, 0.25) is 13.6 Å². The number of carbonyl (C=O) groups excluding carboxylic acids is 2. The minimum atomic E-state index is -1.85. The number of rotatable bonds is 3. The fraction of sp³-hybridized carbons (Fsp3) is 0.429. The summed E-state index contributed by atoms with van der Waals surface area (Å²) in [5.74, 6) is -0.511. The summed E-state index contributed by atoms with van der Waals surface area (Å²) in [5, 5.41) is -0.678. The highest BCUT2D eigenvalue weighted by Crippen LogP contribution is 2.03. The lowest BCUT2D eigenvalue weighted by Gasteiger charge is -2.15. The van der Waals surface area contributed by atoms with Crippen LogP contribution < -0.4 is 0 Å². The first kappa shape index (κ1) is 11.4. The molecule has 0 saturated carbocycles. The third-order valence-electron chi connectivity index (χ3n) is 0.757. The van der Waals surface area contributed by atoms with E-state index in [-0.39, 0.29) is 0 Å². The van der Waals surface area contributed by atoms with Gasteiger partial charge in [0, 0.05) is 12.2 Å². The van der Waals surface area contributed by atoms with Crippen molar-refractivity contribution in [1.82, 2.24) is 0 Å². The number of hydrogen-bond acceptors (Lipinski definition) is 3. The molecule has 0 aromatic carbocycles. The zero-order valence-electron chi connectivity index (χ0n) is 7.26. The summed E-state index contributed by atoms with van der Waals surface area (Å²) in [4.78, 5) is 21.1. The zero-order chi connectivity index (χ0) is 9.78. The first-order valence-electron chi connectivity index (χ1n) is 3.42. The Balaban J connectivity index is 3.99. The second-order valence-corrected chi connectivity index (χ2v) is 7.97. The lowest BCUT2D eigenvalue weighted by atomic mass is 10.5. The number of allylic oxidation sites excluding steroid dienone is 1. The molecule has 0 aliphatic heterocycles. The van der Waals surface area contributed by atoms with Crippen LogP contribution in [0.1, 0.15) is 0 Å². The van der Waals surface area contributed by atoms with Crippen LogP contribution in [-0.2, 0) is 14.0 Å². The molecule has 0 fully saturated rings. The van der Waals surface area contributed by atoms with Crippen molar-refractivity contribution in [2.24, 2.45) is 0 Å². The molecule has 12 heavy (non-hydrogen) atoms. The minimum Gasteiger partial charge on any atom is -0.517 e. The summed E-state index contributed by atoms with van der Waals surface area (Å²) < 4.78 is 4.99. The van der Waals surface area contributed by atoms with Crippen molar-refractivity contribution >= 4 is 31.1 Å². The predicted octanol–water partition coefficient (Wildman–Crippen LogP) is 1.69. The molecule has 0 bridgehead atoms. The Kier molecular flexibility index (Phi) is 4.20. The van der Waals surface area contributed by atoms with Gasteiger partial charge < -0.3 is 4.43 Å². The first-order chi connectivity index (χ1) is 5.31. The Morgan fingerprint density at radius 2 is 1.75 bits per heavy atom. The van der Waals surface area contributed by atoms with Gasteiger partial charge >= 0.3 is 5.97 Å². The highest BCUT2D eigenvalue weighted by Gasteiger charge is 2.18. The van der Waals surface area contributed by atoms with E-state index in [0.29, 0.717) is 0 Å². The summed E-state index contributed by atoms with van der Waals surface area (Å²) in [6.45, 7) is 5.63. The second kappa shape index (κ2) is 4.42. The third kappa shape index (κ3) is 7.49. The summed E-state index contributed by atoms with van der Waals surface area (Å²) in [6.07, 6.45) is 2.01. The fourth-order valence-corrected chi connectivity index (χ4v) is 1.20. The quantitative estimate of drug-likeness (QED) is 0.401. The number of hydrogen-bond donors (Lipinski definition) is 0. The molecule has 0 radical (unpaired) electrons. The molecular formula is C7H11ClO3Si. The van der Waals surface area contributed by atoms with Crippen LogP contribution in [0.3, 0.4) is 0 Å². The fourth-order valence-electron chi connectivity index (χ4n) is 0.469. The van der Waals surface area contributed by atoms with Crippen LogP contribution in [0.4, 0.5) is 0 Å². The van der Waals surface area contributed by atoms with E-state index in [1.54, 1.807) is 0 Å². The van der Waals surface area contributed by atoms with Gasteiger partial charge in [-0.3, -0.25) is 4.79 Å². The smallest absolute Gasteiger partial charge is 0.317 e. The minimum absolute atomic E-state index is 0.511. The van der Waals surface area contributed by atoms with Crippen molar-refractivity contribution in [3.63, 3.8) is 0 Å². The van der Waals surface area contributed by atoms with Crippen LogP contribution in [-0.4, -0.2) is 19.5 Å². The SMILES string of the molecule is C[Si](C)(C)OC(=O)/C=C/C(=O)Cl. The summed E-state index contributed by atoms with van der Waals surface area (Å²) in [7, 11) is -1.85. The van der Waals surface area contributed by atoms with Crippen molar-refractivity contribution in [2.75, 3.05) is 0 Å². The lowest BCUT2D eigenvalue weighted by Crippen LogP contribution is -2.28. The molecule has 0 aliphatic carbocycles. The maximum atomic E-state index is 10.9. The Hall–Kier alpha value is -0.613. The predicted molar refractivity (Wildman–Crippen MR) is 49.4 cm³/mol. The molecule has 0 aromatic rings. The highest BCUT2D eigenvalue weighted by molar-refractivity contribution is 6.71. The van der Waals surface area contributed by atoms with Crippen LogP contribution in [0.5, 0.6) is 0 Å². The molecule has 3 nitrogen and oxygen atoms in total. The van der Waals surface area contributed by atoms with E-state index >= 15 is 0 Å². The normalized spacial score (nSPS) is 11.7. The molecule has 0 heterocycles. The molecule has 0 aromatic heterocycles. The summed E-state index contributed by atoms with van der Waals surface area (Å²) in [5.41, 5.74) is 0. The van der Waals surface area contributed by atoms with E-state index in [4.69, 9.17) is 16.0 Å². The van der Waals surface area contributed by atoms with Crippen molar-refractivity contribution < 1.29 is 14.0 Å². The first-order valence-corrected chi connectivity index (χ1v) is 7.20. The summed E-state index contributed by atoms with van der Waals surface area (Å²) >= 11 is 4.97. The highest BCUT2D eigenvalue weighted by atomic mass is 35.5. The second-order valence-electron chi connectivity index (χ2n) is 3.17. The van der Waals surface area contributed by atoms with Gasteiger partial charge in [-0.1, -0.05) is 0 Å². The van der Waals surface area contributed by atoms with E-state index in [9.17, 15) is 9.59 Å². The Morgan fingerprint density at radius 1 is 1.25 bits per heavy atom. The zero-order valence-corrected chi connectivity index (χ0v) is 9.01. The maximum absolute atomic E-state index is 10.9. The van der Waals surface area contributed by atoms with E-state index in [1.165, 1.54) is 0 Å². The van der Waals surface area contributed by atoms with Gasteiger partial charge in [0.15, 0.2) is 0 Å². The largest absolute Gasteiger partial charge is 0.517 e. The third-order valence-corrected chi connectivity index (χ3v) is 1.70.